The molecule has 1 aromatic heterocycles. The minimum absolute atomic E-state index is 0.0603. The number of para-hydroxylation sites is 1. The van der Waals surface area contributed by atoms with Crippen LogP contribution in [0.2, 0.25) is 4.34 Å². The number of anilines is 1. The van der Waals surface area contributed by atoms with Crippen LogP contribution >= 0.6 is 22.9 Å². The number of benzene rings is 1. The van der Waals surface area contributed by atoms with Gasteiger partial charge in [0, 0.05) is 17.6 Å². The van der Waals surface area contributed by atoms with E-state index in [4.69, 9.17) is 11.6 Å². The van der Waals surface area contributed by atoms with Gasteiger partial charge in [-0.15, -0.1) is 11.3 Å². The van der Waals surface area contributed by atoms with Crippen LogP contribution in [0, 0.1) is 0 Å². The Morgan fingerprint density at radius 2 is 2.00 bits per heavy atom. The molecular formula is C14H15ClN2OS. The second-order valence-electron chi connectivity index (χ2n) is 4.13. The zero-order valence-electron chi connectivity index (χ0n) is 10.7. The molecule has 0 saturated carbocycles. The van der Waals surface area contributed by atoms with E-state index in [-0.39, 0.29) is 11.9 Å². The van der Waals surface area contributed by atoms with Crippen molar-refractivity contribution in [3.8, 4) is 0 Å². The lowest BCUT2D eigenvalue weighted by Crippen LogP contribution is -2.26. The van der Waals surface area contributed by atoms with E-state index in [0.717, 1.165) is 14.9 Å². The van der Waals surface area contributed by atoms with Gasteiger partial charge < -0.3 is 10.6 Å². The molecule has 3 nitrogen and oxygen atoms in total. The van der Waals surface area contributed by atoms with Crippen LogP contribution in [-0.2, 0) is 0 Å². The zero-order chi connectivity index (χ0) is 13.8. The van der Waals surface area contributed by atoms with Crippen molar-refractivity contribution in [2.45, 2.75) is 13.0 Å². The highest BCUT2D eigenvalue weighted by atomic mass is 35.5. The molecule has 2 rings (SSSR count). The fourth-order valence-corrected chi connectivity index (χ4v) is 2.87. The Hall–Kier alpha value is -1.52. The van der Waals surface area contributed by atoms with Gasteiger partial charge in [0.2, 0.25) is 0 Å². The van der Waals surface area contributed by atoms with Crippen molar-refractivity contribution in [3.05, 3.63) is 51.2 Å². The number of halogens is 1. The monoisotopic (exact) mass is 294 g/mol. The molecule has 1 atom stereocenters. The smallest absolute Gasteiger partial charge is 0.253 e. The van der Waals surface area contributed by atoms with Crippen LogP contribution in [0.5, 0.6) is 0 Å². The SMILES string of the molecule is CNc1ccccc1C(=O)NC(C)c1ccc(Cl)s1. The molecule has 0 radical (unpaired) electrons. The van der Waals surface area contributed by atoms with Crippen molar-refractivity contribution < 1.29 is 4.79 Å². The highest BCUT2D eigenvalue weighted by Crippen LogP contribution is 2.27. The van der Waals surface area contributed by atoms with Crippen LogP contribution in [0.4, 0.5) is 5.69 Å². The van der Waals surface area contributed by atoms with Crippen molar-refractivity contribution in [1.29, 1.82) is 0 Å². The van der Waals surface area contributed by atoms with Crippen molar-refractivity contribution in [2.24, 2.45) is 0 Å². The Morgan fingerprint density at radius 1 is 1.26 bits per heavy atom. The van der Waals surface area contributed by atoms with Gasteiger partial charge in [0.05, 0.1) is 15.9 Å². The molecule has 0 aliphatic carbocycles. The molecule has 0 saturated heterocycles. The third-order valence-electron chi connectivity index (χ3n) is 2.81. The van der Waals surface area contributed by atoms with Crippen LogP contribution in [0.15, 0.2) is 36.4 Å². The lowest BCUT2D eigenvalue weighted by molar-refractivity contribution is 0.0941. The van der Waals surface area contributed by atoms with Gasteiger partial charge in [-0.2, -0.15) is 0 Å². The first-order valence-electron chi connectivity index (χ1n) is 5.94. The first-order chi connectivity index (χ1) is 9.11. The topological polar surface area (TPSA) is 41.1 Å². The molecule has 0 aliphatic heterocycles. The van der Waals surface area contributed by atoms with Gasteiger partial charge in [-0.3, -0.25) is 4.79 Å². The molecular weight excluding hydrogens is 280 g/mol. The first kappa shape index (κ1) is 13.9. The predicted molar refractivity (Wildman–Crippen MR) is 81.2 cm³/mol. The number of thiophene rings is 1. The minimum Gasteiger partial charge on any atom is -0.387 e. The molecule has 1 heterocycles. The second-order valence-corrected chi connectivity index (χ2v) is 5.88. The van der Waals surface area contributed by atoms with Crippen LogP contribution < -0.4 is 10.6 Å². The molecule has 1 amide bonds. The fraction of sp³-hybridized carbons (Fsp3) is 0.214. The van der Waals surface area contributed by atoms with Gasteiger partial charge in [0.25, 0.3) is 5.91 Å². The number of amides is 1. The quantitative estimate of drug-likeness (QED) is 0.897. The van der Waals surface area contributed by atoms with Crippen LogP contribution in [0.25, 0.3) is 0 Å². The number of rotatable bonds is 4. The highest BCUT2D eigenvalue weighted by Gasteiger charge is 2.15. The van der Waals surface area contributed by atoms with E-state index < -0.39 is 0 Å². The molecule has 5 heteroatoms. The summed E-state index contributed by atoms with van der Waals surface area (Å²) in [6.07, 6.45) is 0. The summed E-state index contributed by atoms with van der Waals surface area (Å²) in [7, 11) is 1.80. The maximum atomic E-state index is 12.2. The van der Waals surface area contributed by atoms with E-state index in [0.29, 0.717) is 5.56 Å². The molecule has 0 aliphatic rings. The van der Waals surface area contributed by atoms with Crippen molar-refractivity contribution in [3.63, 3.8) is 0 Å². The Bertz CT molecular complexity index is 582. The molecule has 1 unspecified atom stereocenters. The van der Waals surface area contributed by atoms with E-state index in [9.17, 15) is 4.79 Å². The van der Waals surface area contributed by atoms with Crippen LogP contribution in [0.3, 0.4) is 0 Å². The van der Waals surface area contributed by atoms with Crippen molar-refractivity contribution in [2.75, 3.05) is 12.4 Å². The van der Waals surface area contributed by atoms with E-state index in [2.05, 4.69) is 10.6 Å². The second kappa shape index (κ2) is 6.08. The Morgan fingerprint density at radius 3 is 2.63 bits per heavy atom. The lowest BCUT2D eigenvalue weighted by atomic mass is 10.1. The van der Waals surface area contributed by atoms with Gasteiger partial charge in [0.1, 0.15) is 0 Å². The van der Waals surface area contributed by atoms with E-state index in [1.54, 1.807) is 13.1 Å². The number of hydrogen-bond donors (Lipinski definition) is 2. The zero-order valence-corrected chi connectivity index (χ0v) is 12.3. The van der Waals surface area contributed by atoms with Gasteiger partial charge >= 0.3 is 0 Å². The summed E-state index contributed by atoms with van der Waals surface area (Å²) in [5.41, 5.74) is 1.45. The average Bonchev–Trinajstić information content (AvgIpc) is 2.85. The van der Waals surface area contributed by atoms with Crippen molar-refractivity contribution >= 4 is 34.5 Å². The van der Waals surface area contributed by atoms with E-state index in [1.807, 2.05) is 37.3 Å². The molecule has 19 heavy (non-hydrogen) atoms. The molecule has 100 valence electrons. The molecule has 0 bridgehead atoms. The van der Waals surface area contributed by atoms with E-state index in [1.165, 1.54) is 11.3 Å². The van der Waals surface area contributed by atoms with Gasteiger partial charge in [-0.25, -0.2) is 0 Å². The third kappa shape index (κ3) is 3.28. The fourth-order valence-electron chi connectivity index (χ4n) is 1.81. The summed E-state index contributed by atoms with van der Waals surface area (Å²) in [5.74, 6) is -0.0954. The molecule has 2 aromatic rings. The van der Waals surface area contributed by atoms with Gasteiger partial charge in [-0.05, 0) is 31.2 Å². The number of carbonyl (C=O) groups excluding carboxylic acids is 1. The highest BCUT2D eigenvalue weighted by molar-refractivity contribution is 7.16. The molecule has 1 aromatic carbocycles. The summed E-state index contributed by atoms with van der Waals surface area (Å²) in [4.78, 5) is 13.3. The Balaban J connectivity index is 2.12. The lowest BCUT2D eigenvalue weighted by Gasteiger charge is -2.14. The maximum absolute atomic E-state index is 12.2. The Kier molecular flexibility index (Phi) is 4.45. The normalized spacial score (nSPS) is 11.9. The van der Waals surface area contributed by atoms with Crippen LogP contribution in [0.1, 0.15) is 28.2 Å². The number of carbonyl (C=O) groups is 1. The first-order valence-corrected chi connectivity index (χ1v) is 7.14. The number of hydrogen-bond acceptors (Lipinski definition) is 3. The minimum atomic E-state index is -0.0954. The Labute approximate surface area is 121 Å². The summed E-state index contributed by atoms with van der Waals surface area (Å²) < 4.78 is 0.728. The molecule has 0 spiro atoms. The summed E-state index contributed by atoms with van der Waals surface area (Å²) in [6, 6.07) is 11.1. The van der Waals surface area contributed by atoms with E-state index >= 15 is 0 Å². The largest absolute Gasteiger partial charge is 0.387 e. The standard InChI is InChI=1S/C14H15ClN2OS/c1-9(12-7-8-13(15)19-12)17-14(18)10-5-3-4-6-11(10)16-2/h3-9,16H,1-2H3,(H,17,18). The summed E-state index contributed by atoms with van der Waals surface area (Å²) in [5, 5.41) is 5.99. The summed E-state index contributed by atoms with van der Waals surface area (Å²) >= 11 is 7.38. The van der Waals surface area contributed by atoms with Crippen molar-refractivity contribution in [1.82, 2.24) is 5.32 Å². The number of nitrogens with one attached hydrogen (secondary N) is 2. The maximum Gasteiger partial charge on any atom is 0.253 e. The summed E-state index contributed by atoms with van der Waals surface area (Å²) in [6.45, 7) is 1.95. The third-order valence-corrected chi connectivity index (χ3v) is 4.22. The average molecular weight is 295 g/mol. The van der Waals surface area contributed by atoms with Gasteiger partial charge in [0.15, 0.2) is 0 Å². The van der Waals surface area contributed by atoms with Crippen LogP contribution in [-0.4, -0.2) is 13.0 Å². The molecule has 0 fully saturated rings. The molecule has 2 N–H and O–H groups in total. The van der Waals surface area contributed by atoms with Gasteiger partial charge in [-0.1, -0.05) is 23.7 Å². The predicted octanol–water partition coefficient (Wildman–Crippen LogP) is 3.93.